The van der Waals surface area contributed by atoms with Gasteiger partial charge in [0.25, 0.3) is 5.91 Å². The number of fused-ring (bicyclic) bond motifs is 1. The van der Waals surface area contributed by atoms with E-state index >= 15 is 0 Å². The number of para-hydroxylation sites is 1. The molecule has 3 aromatic rings. The molecule has 19 heavy (non-hydrogen) atoms. The van der Waals surface area contributed by atoms with Crippen molar-refractivity contribution in [2.75, 3.05) is 5.32 Å². The SMILES string of the molecule is CCc1cn[nH]c1NC(=O)c1cc2ccccc2o1. The molecule has 0 spiro atoms. The lowest BCUT2D eigenvalue weighted by molar-refractivity contribution is 0.0998. The van der Waals surface area contributed by atoms with E-state index in [0.717, 1.165) is 17.4 Å². The molecular formula is C14H13N3O2. The quantitative estimate of drug-likeness (QED) is 0.755. The van der Waals surface area contributed by atoms with E-state index in [1.165, 1.54) is 0 Å². The molecule has 5 nitrogen and oxygen atoms in total. The Balaban J connectivity index is 1.87. The van der Waals surface area contributed by atoms with Crippen LogP contribution in [-0.2, 0) is 6.42 Å². The standard InChI is InChI=1S/C14H13N3O2/c1-2-9-8-15-17-13(9)16-14(18)12-7-10-5-3-4-6-11(10)19-12/h3-8H,2H2,1H3,(H2,15,16,17,18). The minimum absolute atomic E-state index is 0.282. The average Bonchev–Trinajstić information content (AvgIpc) is 3.03. The van der Waals surface area contributed by atoms with Crippen LogP contribution < -0.4 is 5.32 Å². The van der Waals surface area contributed by atoms with E-state index in [-0.39, 0.29) is 11.7 Å². The number of furan rings is 1. The highest BCUT2D eigenvalue weighted by Crippen LogP contribution is 2.20. The lowest BCUT2D eigenvalue weighted by Gasteiger charge is -2.01. The van der Waals surface area contributed by atoms with Gasteiger partial charge in [-0.05, 0) is 18.6 Å². The number of carbonyl (C=O) groups is 1. The number of aromatic amines is 1. The molecule has 0 saturated heterocycles. The third kappa shape index (κ3) is 2.10. The second kappa shape index (κ2) is 4.61. The fourth-order valence-corrected chi connectivity index (χ4v) is 1.96. The molecule has 1 aromatic carbocycles. The van der Waals surface area contributed by atoms with E-state index in [9.17, 15) is 4.79 Å². The summed E-state index contributed by atoms with van der Waals surface area (Å²) in [5.41, 5.74) is 1.66. The summed E-state index contributed by atoms with van der Waals surface area (Å²) in [6.07, 6.45) is 2.50. The fraction of sp³-hybridized carbons (Fsp3) is 0.143. The van der Waals surface area contributed by atoms with Gasteiger partial charge >= 0.3 is 0 Å². The predicted octanol–water partition coefficient (Wildman–Crippen LogP) is 2.97. The van der Waals surface area contributed by atoms with Gasteiger partial charge in [-0.2, -0.15) is 5.10 Å². The molecule has 0 aliphatic rings. The Bertz CT molecular complexity index is 694. The molecule has 0 unspecified atom stereocenters. The van der Waals surface area contributed by atoms with Gasteiger partial charge in [-0.15, -0.1) is 0 Å². The van der Waals surface area contributed by atoms with Crippen molar-refractivity contribution in [2.24, 2.45) is 0 Å². The topological polar surface area (TPSA) is 70.9 Å². The number of nitrogens with zero attached hydrogens (tertiary/aromatic N) is 1. The molecule has 96 valence electrons. The van der Waals surface area contributed by atoms with Gasteiger partial charge in [0.05, 0.1) is 6.20 Å². The number of amides is 1. The number of anilines is 1. The smallest absolute Gasteiger partial charge is 0.292 e. The summed E-state index contributed by atoms with van der Waals surface area (Å²) >= 11 is 0. The Morgan fingerprint density at radius 2 is 2.26 bits per heavy atom. The van der Waals surface area contributed by atoms with Crippen molar-refractivity contribution >= 4 is 22.7 Å². The largest absolute Gasteiger partial charge is 0.451 e. The van der Waals surface area contributed by atoms with Crippen molar-refractivity contribution < 1.29 is 9.21 Å². The average molecular weight is 255 g/mol. The van der Waals surface area contributed by atoms with Crippen LogP contribution in [-0.4, -0.2) is 16.1 Å². The Morgan fingerprint density at radius 1 is 1.42 bits per heavy atom. The summed E-state index contributed by atoms with van der Waals surface area (Å²) in [5.74, 6) is 0.626. The van der Waals surface area contributed by atoms with Crippen molar-refractivity contribution in [1.82, 2.24) is 10.2 Å². The Labute approximate surface area is 109 Å². The molecular weight excluding hydrogens is 242 g/mol. The van der Waals surface area contributed by atoms with Gasteiger partial charge in [0.1, 0.15) is 11.4 Å². The third-order valence-corrected chi connectivity index (χ3v) is 2.99. The molecule has 0 aliphatic heterocycles. The van der Waals surface area contributed by atoms with Gasteiger partial charge in [0.2, 0.25) is 0 Å². The van der Waals surface area contributed by atoms with Crippen LogP contribution in [0.3, 0.4) is 0 Å². The summed E-state index contributed by atoms with van der Waals surface area (Å²) in [4.78, 5) is 12.1. The molecule has 0 radical (unpaired) electrons. The second-order valence-corrected chi connectivity index (χ2v) is 4.23. The van der Waals surface area contributed by atoms with Crippen LogP contribution in [0.25, 0.3) is 11.0 Å². The lowest BCUT2D eigenvalue weighted by Crippen LogP contribution is -2.12. The normalized spacial score (nSPS) is 10.8. The number of aromatic nitrogens is 2. The minimum atomic E-state index is -0.282. The van der Waals surface area contributed by atoms with Crippen LogP contribution in [0.1, 0.15) is 23.0 Å². The van der Waals surface area contributed by atoms with Crippen LogP contribution in [0.2, 0.25) is 0 Å². The van der Waals surface area contributed by atoms with Crippen LogP contribution in [0.5, 0.6) is 0 Å². The van der Waals surface area contributed by atoms with Gasteiger partial charge in [-0.1, -0.05) is 25.1 Å². The molecule has 0 atom stereocenters. The zero-order valence-electron chi connectivity index (χ0n) is 10.4. The molecule has 2 heterocycles. The molecule has 0 fully saturated rings. The number of H-pyrrole nitrogens is 1. The Morgan fingerprint density at radius 3 is 3.05 bits per heavy atom. The number of rotatable bonds is 3. The van der Waals surface area contributed by atoms with Gasteiger partial charge in [0, 0.05) is 10.9 Å². The summed E-state index contributed by atoms with van der Waals surface area (Å²) in [7, 11) is 0. The molecule has 2 aromatic heterocycles. The minimum Gasteiger partial charge on any atom is -0.451 e. The van der Waals surface area contributed by atoms with Crippen molar-refractivity contribution in [3.8, 4) is 0 Å². The van der Waals surface area contributed by atoms with Gasteiger partial charge < -0.3 is 9.73 Å². The molecule has 0 bridgehead atoms. The van der Waals surface area contributed by atoms with Crippen LogP contribution in [0.4, 0.5) is 5.82 Å². The maximum absolute atomic E-state index is 12.1. The van der Waals surface area contributed by atoms with E-state index in [1.54, 1.807) is 12.3 Å². The number of hydrogen-bond acceptors (Lipinski definition) is 3. The first kappa shape index (κ1) is 11.5. The maximum atomic E-state index is 12.1. The van der Waals surface area contributed by atoms with Crippen LogP contribution >= 0.6 is 0 Å². The Kier molecular flexibility index (Phi) is 2.79. The summed E-state index contributed by atoms with van der Waals surface area (Å²) in [5, 5.41) is 10.4. The van der Waals surface area contributed by atoms with E-state index in [2.05, 4.69) is 15.5 Å². The van der Waals surface area contributed by atoms with Crippen molar-refractivity contribution in [3.05, 3.63) is 47.9 Å². The fourth-order valence-electron chi connectivity index (χ4n) is 1.96. The number of benzene rings is 1. The van der Waals surface area contributed by atoms with E-state index in [0.29, 0.717) is 11.4 Å². The second-order valence-electron chi connectivity index (χ2n) is 4.23. The van der Waals surface area contributed by atoms with Crippen LogP contribution in [0, 0.1) is 0 Å². The van der Waals surface area contributed by atoms with Gasteiger partial charge in [-0.25, -0.2) is 0 Å². The molecule has 0 aliphatic carbocycles. The van der Waals surface area contributed by atoms with Crippen LogP contribution in [0.15, 0.2) is 40.9 Å². The summed E-state index contributed by atoms with van der Waals surface area (Å²) in [6, 6.07) is 9.25. The monoisotopic (exact) mass is 255 g/mol. The highest BCUT2D eigenvalue weighted by molar-refractivity contribution is 6.04. The molecule has 5 heteroatoms. The summed E-state index contributed by atoms with van der Waals surface area (Å²) in [6.45, 7) is 2.00. The lowest BCUT2D eigenvalue weighted by atomic mass is 10.2. The van der Waals surface area contributed by atoms with Gasteiger partial charge in [-0.3, -0.25) is 9.89 Å². The highest BCUT2D eigenvalue weighted by Gasteiger charge is 2.14. The number of hydrogen-bond donors (Lipinski definition) is 2. The van der Waals surface area contributed by atoms with Crippen molar-refractivity contribution in [2.45, 2.75) is 13.3 Å². The van der Waals surface area contributed by atoms with E-state index in [1.807, 2.05) is 31.2 Å². The first-order valence-electron chi connectivity index (χ1n) is 6.10. The summed E-state index contributed by atoms with van der Waals surface area (Å²) < 4.78 is 5.51. The first-order chi connectivity index (χ1) is 9.28. The molecule has 3 rings (SSSR count). The number of aryl methyl sites for hydroxylation is 1. The van der Waals surface area contributed by atoms with E-state index < -0.39 is 0 Å². The molecule has 2 N–H and O–H groups in total. The zero-order valence-corrected chi connectivity index (χ0v) is 10.4. The number of nitrogens with one attached hydrogen (secondary N) is 2. The zero-order chi connectivity index (χ0) is 13.2. The first-order valence-corrected chi connectivity index (χ1v) is 6.10. The Hall–Kier alpha value is -2.56. The molecule has 1 amide bonds. The van der Waals surface area contributed by atoms with Crippen molar-refractivity contribution in [1.29, 1.82) is 0 Å². The molecule has 0 saturated carbocycles. The highest BCUT2D eigenvalue weighted by atomic mass is 16.3. The third-order valence-electron chi connectivity index (χ3n) is 2.99. The predicted molar refractivity (Wildman–Crippen MR) is 72.1 cm³/mol. The van der Waals surface area contributed by atoms with Gasteiger partial charge in [0.15, 0.2) is 5.76 Å². The van der Waals surface area contributed by atoms with Crippen molar-refractivity contribution in [3.63, 3.8) is 0 Å². The maximum Gasteiger partial charge on any atom is 0.292 e. The number of carbonyl (C=O) groups excluding carboxylic acids is 1. The van der Waals surface area contributed by atoms with E-state index in [4.69, 9.17) is 4.42 Å².